The minimum atomic E-state index is 0.591. The van der Waals surface area contributed by atoms with Gasteiger partial charge in [0.05, 0.1) is 0 Å². The van der Waals surface area contributed by atoms with E-state index in [9.17, 15) is 0 Å². The summed E-state index contributed by atoms with van der Waals surface area (Å²) >= 11 is 5.09. The first-order chi connectivity index (χ1) is 6.11. The summed E-state index contributed by atoms with van der Waals surface area (Å²) in [5.74, 6) is 0. The van der Waals surface area contributed by atoms with E-state index in [2.05, 4.69) is 30.8 Å². The van der Waals surface area contributed by atoms with Crippen molar-refractivity contribution in [2.24, 2.45) is 0 Å². The average Bonchev–Trinajstić information content (AvgIpc) is 2.47. The van der Waals surface area contributed by atoms with E-state index >= 15 is 0 Å². The van der Waals surface area contributed by atoms with Crippen molar-refractivity contribution in [1.29, 1.82) is 0 Å². The smallest absolute Gasteiger partial charge is 0.177 e. The SMILES string of the molecule is CC(C)N(C)CCn1cc[nH]c1=S. The number of nitrogens with zero attached hydrogens (tertiary/aromatic N) is 2. The van der Waals surface area contributed by atoms with Crippen LogP contribution in [0, 0.1) is 4.77 Å². The Labute approximate surface area is 84.4 Å². The molecular formula is C9H17N3S. The number of hydrogen-bond acceptors (Lipinski definition) is 2. The molecule has 0 amide bonds. The minimum Gasteiger partial charge on any atom is -0.337 e. The van der Waals surface area contributed by atoms with Crippen LogP contribution in [0.25, 0.3) is 0 Å². The molecule has 0 radical (unpaired) electrons. The Kier molecular flexibility index (Phi) is 3.69. The topological polar surface area (TPSA) is 24.0 Å². The molecule has 0 saturated heterocycles. The van der Waals surface area contributed by atoms with Gasteiger partial charge in [-0.05, 0) is 33.1 Å². The van der Waals surface area contributed by atoms with E-state index in [-0.39, 0.29) is 0 Å². The first-order valence-electron chi connectivity index (χ1n) is 4.55. The van der Waals surface area contributed by atoms with E-state index < -0.39 is 0 Å². The largest absolute Gasteiger partial charge is 0.337 e. The number of aromatic nitrogens is 2. The van der Waals surface area contributed by atoms with Gasteiger partial charge in [-0.3, -0.25) is 0 Å². The van der Waals surface area contributed by atoms with Crippen molar-refractivity contribution < 1.29 is 0 Å². The number of nitrogens with one attached hydrogen (secondary N) is 1. The van der Waals surface area contributed by atoms with Gasteiger partial charge < -0.3 is 14.5 Å². The van der Waals surface area contributed by atoms with Crippen molar-refractivity contribution in [3.05, 3.63) is 17.2 Å². The molecule has 74 valence electrons. The molecule has 0 bridgehead atoms. The fourth-order valence-electron chi connectivity index (χ4n) is 1.05. The predicted molar refractivity (Wildman–Crippen MR) is 57.4 cm³/mol. The molecule has 0 saturated carbocycles. The minimum absolute atomic E-state index is 0.591. The molecule has 1 aromatic heterocycles. The van der Waals surface area contributed by atoms with E-state index in [1.54, 1.807) is 0 Å². The Hall–Kier alpha value is -0.610. The molecule has 0 aliphatic carbocycles. The maximum absolute atomic E-state index is 5.09. The van der Waals surface area contributed by atoms with Crippen LogP contribution in [-0.4, -0.2) is 34.1 Å². The lowest BCUT2D eigenvalue weighted by Crippen LogP contribution is -2.29. The maximum Gasteiger partial charge on any atom is 0.177 e. The zero-order valence-corrected chi connectivity index (χ0v) is 9.27. The first-order valence-corrected chi connectivity index (χ1v) is 4.96. The Morgan fingerprint density at radius 1 is 1.62 bits per heavy atom. The summed E-state index contributed by atoms with van der Waals surface area (Å²) < 4.78 is 2.85. The van der Waals surface area contributed by atoms with Crippen LogP contribution in [0.2, 0.25) is 0 Å². The molecule has 13 heavy (non-hydrogen) atoms. The number of imidazole rings is 1. The molecule has 4 heteroatoms. The number of rotatable bonds is 4. The van der Waals surface area contributed by atoms with Gasteiger partial charge in [0.2, 0.25) is 0 Å². The summed E-state index contributed by atoms with van der Waals surface area (Å²) in [6.07, 6.45) is 3.86. The second-order valence-corrected chi connectivity index (χ2v) is 3.92. The van der Waals surface area contributed by atoms with Gasteiger partial charge in [-0.1, -0.05) is 0 Å². The van der Waals surface area contributed by atoms with Crippen LogP contribution in [0.3, 0.4) is 0 Å². The summed E-state index contributed by atoms with van der Waals surface area (Å²) in [5.41, 5.74) is 0. The highest BCUT2D eigenvalue weighted by Crippen LogP contribution is 1.96. The molecule has 1 aromatic rings. The van der Waals surface area contributed by atoms with Crippen molar-refractivity contribution in [1.82, 2.24) is 14.5 Å². The van der Waals surface area contributed by atoms with Crippen LogP contribution in [0.15, 0.2) is 12.4 Å². The molecule has 0 fully saturated rings. The molecule has 1 rings (SSSR count). The Balaban J connectivity index is 2.44. The molecule has 0 spiro atoms. The fraction of sp³-hybridized carbons (Fsp3) is 0.667. The van der Waals surface area contributed by atoms with Crippen molar-refractivity contribution in [2.45, 2.75) is 26.4 Å². The Morgan fingerprint density at radius 3 is 2.77 bits per heavy atom. The first kappa shape index (κ1) is 10.5. The zero-order chi connectivity index (χ0) is 9.84. The van der Waals surface area contributed by atoms with Gasteiger partial charge in [0, 0.05) is 31.5 Å². The van der Waals surface area contributed by atoms with E-state index in [1.165, 1.54) is 0 Å². The predicted octanol–water partition coefficient (Wildman–Crippen LogP) is 1.89. The summed E-state index contributed by atoms with van der Waals surface area (Å²) in [6.45, 7) is 6.37. The molecule has 0 atom stereocenters. The fourth-order valence-corrected chi connectivity index (χ4v) is 1.27. The highest BCUT2D eigenvalue weighted by Gasteiger charge is 2.02. The van der Waals surface area contributed by atoms with Gasteiger partial charge in [-0.2, -0.15) is 0 Å². The number of H-pyrrole nitrogens is 1. The molecule has 0 aromatic carbocycles. The Morgan fingerprint density at radius 2 is 2.31 bits per heavy atom. The van der Waals surface area contributed by atoms with E-state index in [1.807, 2.05) is 17.0 Å². The van der Waals surface area contributed by atoms with E-state index in [0.717, 1.165) is 17.9 Å². The third-order valence-corrected chi connectivity index (χ3v) is 2.65. The van der Waals surface area contributed by atoms with Crippen molar-refractivity contribution >= 4 is 12.2 Å². The van der Waals surface area contributed by atoms with Crippen molar-refractivity contribution in [2.75, 3.05) is 13.6 Å². The van der Waals surface area contributed by atoms with Crippen LogP contribution in [0.1, 0.15) is 13.8 Å². The second-order valence-electron chi connectivity index (χ2n) is 3.53. The number of likely N-dealkylation sites (N-methyl/N-ethyl adjacent to an activating group) is 1. The third kappa shape index (κ3) is 2.97. The third-order valence-electron chi connectivity index (χ3n) is 2.30. The van der Waals surface area contributed by atoms with Crippen molar-refractivity contribution in [3.63, 3.8) is 0 Å². The van der Waals surface area contributed by atoms with Gasteiger partial charge in [0.25, 0.3) is 0 Å². The second kappa shape index (κ2) is 4.58. The molecule has 0 aliphatic rings. The van der Waals surface area contributed by atoms with Crippen LogP contribution < -0.4 is 0 Å². The highest BCUT2D eigenvalue weighted by molar-refractivity contribution is 7.71. The summed E-state index contributed by atoms with van der Waals surface area (Å²) in [5, 5.41) is 0. The molecule has 0 unspecified atom stereocenters. The quantitative estimate of drug-likeness (QED) is 0.749. The molecule has 0 aliphatic heterocycles. The normalized spacial score (nSPS) is 11.5. The van der Waals surface area contributed by atoms with Crippen LogP contribution in [0.4, 0.5) is 0 Å². The number of aromatic amines is 1. The molecule has 1 N–H and O–H groups in total. The standard InChI is InChI=1S/C9H17N3S/c1-8(2)11(3)6-7-12-5-4-10-9(12)13/h4-5,8H,6-7H2,1-3H3,(H,10,13). The lowest BCUT2D eigenvalue weighted by atomic mass is 10.3. The van der Waals surface area contributed by atoms with E-state index in [4.69, 9.17) is 12.2 Å². The monoisotopic (exact) mass is 199 g/mol. The van der Waals surface area contributed by atoms with E-state index in [0.29, 0.717) is 6.04 Å². The van der Waals surface area contributed by atoms with Gasteiger partial charge in [-0.25, -0.2) is 0 Å². The highest BCUT2D eigenvalue weighted by atomic mass is 32.1. The van der Waals surface area contributed by atoms with Crippen LogP contribution in [-0.2, 0) is 6.54 Å². The summed E-state index contributed by atoms with van der Waals surface area (Å²) in [6, 6.07) is 0.591. The van der Waals surface area contributed by atoms with Crippen LogP contribution >= 0.6 is 12.2 Å². The Bertz CT molecular complexity index is 300. The van der Waals surface area contributed by atoms with Gasteiger partial charge in [0.15, 0.2) is 4.77 Å². The molecular weight excluding hydrogens is 182 g/mol. The van der Waals surface area contributed by atoms with Gasteiger partial charge >= 0.3 is 0 Å². The van der Waals surface area contributed by atoms with Gasteiger partial charge in [0.1, 0.15) is 0 Å². The summed E-state index contributed by atoms with van der Waals surface area (Å²) in [4.78, 5) is 5.28. The lowest BCUT2D eigenvalue weighted by Gasteiger charge is -2.20. The summed E-state index contributed by atoms with van der Waals surface area (Å²) in [7, 11) is 2.13. The zero-order valence-electron chi connectivity index (χ0n) is 8.45. The number of hydrogen-bond donors (Lipinski definition) is 1. The lowest BCUT2D eigenvalue weighted by molar-refractivity contribution is 0.262. The average molecular weight is 199 g/mol. The van der Waals surface area contributed by atoms with Gasteiger partial charge in [-0.15, -0.1) is 0 Å². The maximum atomic E-state index is 5.09. The molecule has 1 heterocycles. The van der Waals surface area contributed by atoms with Crippen molar-refractivity contribution in [3.8, 4) is 0 Å². The molecule has 3 nitrogen and oxygen atoms in total. The van der Waals surface area contributed by atoms with Crippen LogP contribution in [0.5, 0.6) is 0 Å².